The molecule has 0 saturated carbocycles. The predicted molar refractivity (Wildman–Crippen MR) is 95.5 cm³/mol. The molecule has 8 heteroatoms. The second-order valence-electron chi connectivity index (χ2n) is 6.17. The van der Waals surface area contributed by atoms with Crippen LogP contribution in [0, 0.1) is 5.92 Å². The number of benzene rings is 1. The number of ether oxygens (including phenoxy) is 1. The van der Waals surface area contributed by atoms with Crippen LogP contribution in [0.1, 0.15) is 23.2 Å². The number of hydrogen-bond acceptors (Lipinski definition) is 5. The first kappa shape index (κ1) is 18.1. The highest BCUT2D eigenvalue weighted by molar-refractivity contribution is 6.30. The molecule has 7 nitrogen and oxygen atoms in total. The lowest BCUT2D eigenvalue weighted by Crippen LogP contribution is -2.45. The SMILES string of the molecule is NC(=O)[C@@H]1CCCN(C(=O)COC(=O)c2cc(Cl)nc3ccccc23)C1. The fourth-order valence-electron chi connectivity index (χ4n) is 3.04. The Bertz CT molecular complexity index is 871. The average Bonchev–Trinajstić information content (AvgIpc) is 2.65. The zero-order valence-corrected chi connectivity index (χ0v) is 14.7. The van der Waals surface area contributed by atoms with Crippen molar-refractivity contribution >= 4 is 40.3 Å². The maximum absolute atomic E-state index is 12.4. The summed E-state index contributed by atoms with van der Waals surface area (Å²) in [6.07, 6.45) is 1.36. The lowest BCUT2D eigenvalue weighted by atomic mass is 9.97. The largest absolute Gasteiger partial charge is 0.452 e. The van der Waals surface area contributed by atoms with Gasteiger partial charge in [-0.1, -0.05) is 29.8 Å². The number of amides is 2. The van der Waals surface area contributed by atoms with E-state index in [1.807, 2.05) is 0 Å². The zero-order valence-electron chi connectivity index (χ0n) is 14.0. The van der Waals surface area contributed by atoms with Gasteiger partial charge < -0.3 is 15.4 Å². The quantitative estimate of drug-likeness (QED) is 0.648. The van der Waals surface area contributed by atoms with Crippen LogP contribution < -0.4 is 5.73 Å². The van der Waals surface area contributed by atoms with Gasteiger partial charge in [-0.05, 0) is 25.0 Å². The summed E-state index contributed by atoms with van der Waals surface area (Å²) >= 11 is 5.96. The van der Waals surface area contributed by atoms with Crippen molar-refractivity contribution < 1.29 is 19.1 Å². The van der Waals surface area contributed by atoms with E-state index in [1.54, 1.807) is 24.3 Å². The van der Waals surface area contributed by atoms with E-state index in [0.717, 1.165) is 0 Å². The van der Waals surface area contributed by atoms with Crippen LogP contribution in [0.2, 0.25) is 5.15 Å². The van der Waals surface area contributed by atoms with Gasteiger partial charge in [0.05, 0.1) is 17.0 Å². The zero-order chi connectivity index (χ0) is 18.7. The Hall–Kier alpha value is -2.67. The number of likely N-dealkylation sites (tertiary alicyclic amines) is 1. The normalized spacial score (nSPS) is 17.1. The summed E-state index contributed by atoms with van der Waals surface area (Å²) in [6.45, 7) is 0.374. The van der Waals surface area contributed by atoms with Crippen molar-refractivity contribution in [3.63, 3.8) is 0 Å². The standard InChI is InChI=1S/C18H18ClN3O4/c19-15-8-13(12-5-1-2-6-14(12)21-15)18(25)26-10-16(23)22-7-3-4-11(9-22)17(20)24/h1-2,5-6,8,11H,3-4,7,9-10H2,(H2,20,24)/t11-/m1/s1. The van der Waals surface area contributed by atoms with Crippen molar-refractivity contribution in [3.8, 4) is 0 Å². The van der Waals surface area contributed by atoms with Crippen LogP contribution in [0.4, 0.5) is 0 Å². The van der Waals surface area contributed by atoms with Crippen molar-refractivity contribution in [1.82, 2.24) is 9.88 Å². The Labute approximate surface area is 155 Å². The Morgan fingerprint density at radius 2 is 2.08 bits per heavy atom. The van der Waals surface area contributed by atoms with Gasteiger partial charge in [0.2, 0.25) is 5.91 Å². The number of pyridine rings is 1. The molecule has 1 aromatic carbocycles. The number of fused-ring (bicyclic) bond motifs is 1. The van der Waals surface area contributed by atoms with Gasteiger partial charge in [-0.25, -0.2) is 9.78 Å². The monoisotopic (exact) mass is 375 g/mol. The fraction of sp³-hybridized carbons (Fsp3) is 0.333. The first-order chi connectivity index (χ1) is 12.5. The minimum Gasteiger partial charge on any atom is -0.452 e. The molecule has 1 saturated heterocycles. The van der Waals surface area contributed by atoms with E-state index < -0.39 is 18.5 Å². The summed E-state index contributed by atoms with van der Waals surface area (Å²) in [7, 11) is 0. The molecule has 0 radical (unpaired) electrons. The molecule has 2 aromatic rings. The van der Waals surface area contributed by atoms with Gasteiger partial charge in [-0.3, -0.25) is 9.59 Å². The number of nitrogens with zero attached hydrogens (tertiary/aromatic N) is 2. The number of primary amides is 1. The highest BCUT2D eigenvalue weighted by atomic mass is 35.5. The molecule has 0 spiro atoms. The Balaban J connectivity index is 1.67. The highest BCUT2D eigenvalue weighted by Gasteiger charge is 2.27. The molecule has 2 N–H and O–H groups in total. The third-order valence-corrected chi connectivity index (χ3v) is 4.60. The van der Waals surface area contributed by atoms with Crippen LogP contribution in [-0.2, 0) is 14.3 Å². The maximum Gasteiger partial charge on any atom is 0.339 e. The molecule has 1 atom stereocenters. The molecule has 1 aromatic heterocycles. The van der Waals surface area contributed by atoms with Crippen LogP contribution in [-0.4, -0.2) is 47.4 Å². The molecule has 2 heterocycles. The second kappa shape index (κ2) is 7.70. The number of piperidine rings is 1. The van der Waals surface area contributed by atoms with E-state index in [-0.39, 0.29) is 29.1 Å². The first-order valence-electron chi connectivity index (χ1n) is 8.25. The van der Waals surface area contributed by atoms with Gasteiger partial charge in [0.25, 0.3) is 5.91 Å². The van der Waals surface area contributed by atoms with Gasteiger partial charge in [0, 0.05) is 18.5 Å². The number of carbonyl (C=O) groups is 3. The summed E-state index contributed by atoms with van der Waals surface area (Å²) in [5, 5.41) is 0.767. The van der Waals surface area contributed by atoms with Crippen LogP contribution in [0.5, 0.6) is 0 Å². The van der Waals surface area contributed by atoms with Gasteiger partial charge in [0.15, 0.2) is 6.61 Å². The van der Waals surface area contributed by atoms with E-state index in [2.05, 4.69) is 4.98 Å². The number of nitrogens with two attached hydrogens (primary N) is 1. The number of para-hydroxylation sites is 1. The second-order valence-corrected chi connectivity index (χ2v) is 6.55. The summed E-state index contributed by atoms with van der Waals surface area (Å²) in [5.41, 5.74) is 6.13. The average molecular weight is 376 g/mol. The number of aromatic nitrogens is 1. The van der Waals surface area contributed by atoms with Gasteiger partial charge in [-0.15, -0.1) is 0 Å². The summed E-state index contributed by atoms with van der Waals surface area (Å²) in [6, 6.07) is 8.45. The third-order valence-electron chi connectivity index (χ3n) is 4.41. The molecule has 136 valence electrons. The summed E-state index contributed by atoms with van der Waals surface area (Å²) < 4.78 is 5.17. The molecule has 1 aliphatic heterocycles. The maximum atomic E-state index is 12.4. The Morgan fingerprint density at radius 1 is 1.31 bits per heavy atom. The van der Waals surface area contributed by atoms with Crippen LogP contribution in [0.15, 0.2) is 30.3 Å². The minimum atomic E-state index is -0.651. The van der Waals surface area contributed by atoms with E-state index in [0.29, 0.717) is 30.3 Å². The lowest BCUT2D eigenvalue weighted by Gasteiger charge is -2.31. The summed E-state index contributed by atoms with van der Waals surface area (Å²) in [5.74, 6) is -1.78. The van der Waals surface area contributed by atoms with E-state index >= 15 is 0 Å². The fourth-order valence-corrected chi connectivity index (χ4v) is 3.24. The Kier molecular flexibility index (Phi) is 5.37. The van der Waals surface area contributed by atoms with E-state index in [1.165, 1.54) is 11.0 Å². The van der Waals surface area contributed by atoms with Gasteiger partial charge in [-0.2, -0.15) is 0 Å². The molecule has 0 bridgehead atoms. The van der Waals surface area contributed by atoms with Crippen LogP contribution in [0.25, 0.3) is 10.9 Å². The first-order valence-corrected chi connectivity index (χ1v) is 8.63. The van der Waals surface area contributed by atoms with Crippen molar-refractivity contribution in [2.45, 2.75) is 12.8 Å². The molecule has 1 fully saturated rings. The molecule has 0 unspecified atom stereocenters. The summed E-state index contributed by atoms with van der Waals surface area (Å²) in [4.78, 5) is 41.7. The smallest absolute Gasteiger partial charge is 0.339 e. The molecule has 0 aliphatic carbocycles. The molecular formula is C18H18ClN3O4. The Morgan fingerprint density at radius 3 is 2.85 bits per heavy atom. The number of esters is 1. The number of carbonyl (C=O) groups excluding carboxylic acids is 3. The van der Waals surface area contributed by atoms with E-state index in [9.17, 15) is 14.4 Å². The third kappa shape index (κ3) is 3.94. The molecular weight excluding hydrogens is 358 g/mol. The number of rotatable bonds is 4. The number of hydrogen-bond donors (Lipinski definition) is 1. The minimum absolute atomic E-state index is 0.169. The lowest BCUT2D eigenvalue weighted by molar-refractivity contribution is -0.137. The molecule has 2 amide bonds. The van der Waals surface area contributed by atoms with Crippen molar-refractivity contribution in [2.75, 3.05) is 19.7 Å². The topological polar surface area (TPSA) is 103 Å². The molecule has 1 aliphatic rings. The number of halogens is 1. The van der Waals surface area contributed by atoms with Crippen LogP contribution >= 0.6 is 11.6 Å². The molecule has 3 rings (SSSR count). The highest BCUT2D eigenvalue weighted by Crippen LogP contribution is 2.22. The predicted octanol–water partition coefficient (Wildman–Crippen LogP) is 1.77. The van der Waals surface area contributed by atoms with Crippen molar-refractivity contribution in [3.05, 3.63) is 41.0 Å². The van der Waals surface area contributed by atoms with Gasteiger partial charge in [0.1, 0.15) is 5.15 Å². The molecule has 26 heavy (non-hydrogen) atoms. The van der Waals surface area contributed by atoms with Crippen molar-refractivity contribution in [1.29, 1.82) is 0 Å². The van der Waals surface area contributed by atoms with E-state index in [4.69, 9.17) is 22.1 Å². The van der Waals surface area contributed by atoms with Crippen LogP contribution in [0.3, 0.4) is 0 Å². The van der Waals surface area contributed by atoms with Crippen molar-refractivity contribution in [2.24, 2.45) is 11.7 Å². The van der Waals surface area contributed by atoms with Gasteiger partial charge >= 0.3 is 5.97 Å².